The molecule has 1 aliphatic rings. The maximum absolute atomic E-state index is 13.5. The van der Waals surface area contributed by atoms with Crippen LogP contribution in [0.3, 0.4) is 0 Å². The monoisotopic (exact) mass is 386 g/mol. The molecule has 0 fully saturated rings. The van der Waals surface area contributed by atoms with Crippen LogP contribution in [-0.4, -0.2) is 12.0 Å². The Hall–Kier alpha value is -2.31. The minimum absolute atomic E-state index is 0.164. The fourth-order valence-electron chi connectivity index (χ4n) is 3.40. The van der Waals surface area contributed by atoms with Crippen molar-refractivity contribution in [2.45, 2.75) is 44.0 Å². The van der Waals surface area contributed by atoms with Crippen LogP contribution in [0.2, 0.25) is 0 Å². The third-order valence-corrected chi connectivity index (χ3v) is 4.82. The molecule has 27 heavy (non-hydrogen) atoms. The Labute approximate surface area is 152 Å². The zero-order chi connectivity index (χ0) is 19.8. The first-order valence-electron chi connectivity index (χ1n) is 8.44. The number of aryl methyl sites for hydroxylation is 2. The van der Waals surface area contributed by atoms with E-state index in [1.165, 1.54) is 6.07 Å². The number of benzene rings is 2. The molecule has 1 nitrogen and oxygen atoms in total. The van der Waals surface area contributed by atoms with Crippen LogP contribution in [-0.2, 0) is 19.0 Å². The van der Waals surface area contributed by atoms with Crippen LogP contribution < -0.4 is 0 Å². The molecule has 0 aliphatic heterocycles. The van der Waals surface area contributed by atoms with Gasteiger partial charge < -0.3 is 0 Å². The van der Waals surface area contributed by atoms with Gasteiger partial charge >= 0.3 is 12.4 Å². The number of ketones is 1. The number of hydrogen-bond acceptors (Lipinski definition) is 1. The smallest absolute Gasteiger partial charge is 0.294 e. The van der Waals surface area contributed by atoms with Crippen molar-refractivity contribution in [1.29, 1.82) is 0 Å². The van der Waals surface area contributed by atoms with E-state index in [9.17, 15) is 31.1 Å². The molecule has 0 heterocycles. The van der Waals surface area contributed by atoms with Crippen molar-refractivity contribution < 1.29 is 31.1 Å². The molecule has 144 valence electrons. The van der Waals surface area contributed by atoms with Gasteiger partial charge in [-0.25, -0.2) is 0 Å². The molecule has 2 aromatic rings. The Kier molecular flexibility index (Phi) is 5.06. The molecule has 0 saturated heterocycles. The number of halogens is 6. The van der Waals surface area contributed by atoms with Crippen molar-refractivity contribution >= 4 is 5.78 Å². The highest BCUT2D eigenvalue weighted by Gasteiger charge is 2.43. The Morgan fingerprint density at radius 3 is 2.30 bits per heavy atom. The van der Waals surface area contributed by atoms with Gasteiger partial charge in [-0.3, -0.25) is 4.79 Å². The molecule has 7 heteroatoms. The summed E-state index contributed by atoms with van der Waals surface area (Å²) in [6.07, 6.45) is -7.94. The first-order valence-corrected chi connectivity index (χ1v) is 8.44. The summed E-state index contributed by atoms with van der Waals surface area (Å²) in [5.74, 6) is -3.02. The Bertz CT molecular complexity index is 850. The van der Waals surface area contributed by atoms with Crippen molar-refractivity contribution in [2.75, 3.05) is 0 Å². The van der Waals surface area contributed by atoms with E-state index in [2.05, 4.69) is 0 Å². The second-order valence-electron chi connectivity index (χ2n) is 6.68. The topological polar surface area (TPSA) is 17.1 Å². The SMILES string of the molecule is O=C(C[C@@H](c1cccc(C(F)(F)F)c1)C(F)(F)F)c1ccc2c(c1)CCC2. The van der Waals surface area contributed by atoms with Crippen LogP contribution >= 0.6 is 0 Å². The van der Waals surface area contributed by atoms with Crippen LogP contribution in [0, 0.1) is 0 Å². The third kappa shape index (κ3) is 4.34. The molecule has 0 saturated carbocycles. The van der Waals surface area contributed by atoms with Gasteiger partial charge in [-0.05, 0) is 48.1 Å². The zero-order valence-electron chi connectivity index (χ0n) is 14.1. The Morgan fingerprint density at radius 2 is 1.63 bits per heavy atom. The van der Waals surface area contributed by atoms with Gasteiger partial charge in [0.2, 0.25) is 0 Å². The molecule has 0 aromatic heterocycles. The highest BCUT2D eigenvalue weighted by atomic mass is 19.4. The van der Waals surface area contributed by atoms with E-state index in [-0.39, 0.29) is 5.56 Å². The molecule has 0 amide bonds. The normalized spacial score (nSPS) is 15.5. The van der Waals surface area contributed by atoms with Crippen molar-refractivity contribution in [3.05, 3.63) is 70.3 Å². The van der Waals surface area contributed by atoms with Crippen LogP contribution in [0.4, 0.5) is 26.3 Å². The fourth-order valence-corrected chi connectivity index (χ4v) is 3.40. The fraction of sp³-hybridized carbons (Fsp3) is 0.350. The summed E-state index contributed by atoms with van der Waals surface area (Å²) in [5, 5.41) is 0. The number of hydrogen-bond donors (Lipinski definition) is 0. The summed E-state index contributed by atoms with van der Waals surface area (Å²) in [6.45, 7) is 0. The summed E-state index contributed by atoms with van der Waals surface area (Å²) in [7, 11) is 0. The quantitative estimate of drug-likeness (QED) is 0.458. The maximum Gasteiger partial charge on any atom is 0.416 e. The lowest BCUT2D eigenvalue weighted by molar-refractivity contribution is -0.150. The largest absolute Gasteiger partial charge is 0.416 e. The maximum atomic E-state index is 13.5. The standard InChI is InChI=1S/C20H16F6O/c21-19(22,23)16-6-2-5-14(10-16)17(20(24,25)26)11-18(27)15-8-7-12-3-1-4-13(12)9-15/h2,5-10,17H,1,3-4,11H2/t17-/m0/s1. The molecular formula is C20H16F6O. The Morgan fingerprint density at radius 1 is 0.926 bits per heavy atom. The highest BCUT2D eigenvalue weighted by molar-refractivity contribution is 5.97. The summed E-state index contributed by atoms with van der Waals surface area (Å²) < 4.78 is 79.0. The van der Waals surface area contributed by atoms with E-state index in [1.807, 2.05) is 0 Å². The number of carbonyl (C=O) groups excluding carboxylic acids is 1. The van der Waals surface area contributed by atoms with E-state index in [0.29, 0.717) is 12.1 Å². The van der Waals surface area contributed by atoms with Gasteiger partial charge in [0, 0.05) is 12.0 Å². The van der Waals surface area contributed by atoms with E-state index in [0.717, 1.165) is 42.5 Å². The Balaban J connectivity index is 1.89. The number of alkyl halides is 6. The van der Waals surface area contributed by atoms with Crippen LogP contribution in [0.1, 0.15) is 51.4 Å². The summed E-state index contributed by atoms with van der Waals surface area (Å²) in [5.41, 5.74) is 0.461. The van der Waals surface area contributed by atoms with E-state index >= 15 is 0 Å². The molecule has 0 N–H and O–H groups in total. The first-order chi connectivity index (χ1) is 12.6. The van der Waals surface area contributed by atoms with Crippen LogP contribution in [0.25, 0.3) is 0 Å². The van der Waals surface area contributed by atoms with Gasteiger partial charge in [-0.2, -0.15) is 26.3 Å². The van der Waals surface area contributed by atoms with E-state index < -0.39 is 41.6 Å². The number of Topliss-reactive ketones (excluding diaryl/α,β-unsaturated/α-hetero) is 1. The highest BCUT2D eigenvalue weighted by Crippen LogP contribution is 2.40. The summed E-state index contributed by atoms with van der Waals surface area (Å²) >= 11 is 0. The molecule has 3 rings (SSSR count). The zero-order valence-corrected chi connectivity index (χ0v) is 14.1. The van der Waals surface area contributed by atoms with Gasteiger partial charge in [0.25, 0.3) is 0 Å². The predicted octanol–water partition coefficient (Wildman–Crippen LogP) is 6.11. The molecule has 0 radical (unpaired) electrons. The van der Waals surface area contributed by atoms with Crippen LogP contribution in [0.15, 0.2) is 42.5 Å². The van der Waals surface area contributed by atoms with E-state index in [4.69, 9.17) is 0 Å². The van der Waals surface area contributed by atoms with Gasteiger partial charge in [-0.1, -0.05) is 30.3 Å². The second kappa shape index (κ2) is 7.02. The molecule has 0 spiro atoms. The molecule has 1 aliphatic carbocycles. The molecule has 2 aromatic carbocycles. The predicted molar refractivity (Wildman–Crippen MR) is 87.7 cm³/mol. The number of carbonyl (C=O) groups is 1. The molecule has 0 unspecified atom stereocenters. The lowest BCUT2D eigenvalue weighted by atomic mass is 9.89. The minimum atomic E-state index is -4.84. The van der Waals surface area contributed by atoms with Gasteiger partial charge in [0.15, 0.2) is 5.78 Å². The average Bonchev–Trinajstić information content (AvgIpc) is 3.05. The number of rotatable bonds is 4. The van der Waals surface area contributed by atoms with Gasteiger partial charge in [0.1, 0.15) is 0 Å². The minimum Gasteiger partial charge on any atom is -0.294 e. The van der Waals surface area contributed by atoms with Gasteiger partial charge in [0.05, 0.1) is 11.5 Å². The lowest BCUT2D eigenvalue weighted by Crippen LogP contribution is -2.24. The van der Waals surface area contributed by atoms with Crippen molar-refractivity contribution in [3.8, 4) is 0 Å². The summed E-state index contributed by atoms with van der Waals surface area (Å²) in [6, 6.07) is 7.91. The molecule has 0 bridgehead atoms. The lowest BCUT2D eigenvalue weighted by Gasteiger charge is -2.21. The van der Waals surface area contributed by atoms with Gasteiger partial charge in [-0.15, -0.1) is 0 Å². The van der Waals surface area contributed by atoms with Crippen molar-refractivity contribution in [3.63, 3.8) is 0 Å². The average molecular weight is 386 g/mol. The molecular weight excluding hydrogens is 370 g/mol. The molecule has 1 atom stereocenters. The van der Waals surface area contributed by atoms with Crippen LogP contribution in [0.5, 0.6) is 0 Å². The second-order valence-corrected chi connectivity index (χ2v) is 6.68. The van der Waals surface area contributed by atoms with Crippen molar-refractivity contribution in [1.82, 2.24) is 0 Å². The van der Waals surface area contributed by atoms with E-state index in [1.54, 1.807) is 12.1 Å². The first kappa shape index (κ1) is 19.5. The van der Waals surface area contributed by atoms with Crippen molar-refractivity contribution in [2.24, 2.45) is 0 Å². The third-order valence-electron chi connectivity index (χ3n) is 4.82. The number of fused-ring (bicyclic) bond motifs is 1. The summed E-state index contributed by atoms with van der Waals surface area (Å²) in [4.78, 5) is 12.4.